The fraction of sp³-hybridized carbons (Fsp3) is 0.400. The van der Waals surface area contributed by atoms with Crippen molar-refractivity contribution in [3.05, 3.63) is 53.3 Å². The summed E-state index contributed by atoms with van der Waals surface area (Å²) >= 11 is 0. The van der Waals surface area contributed by atoms with E-state index in [9.17, 15) is 4.39 Å². The van der Waals surface area contributed by atoms with Crippen LogP contribution in [-0.2, 0) is 6.54 Å². The van der Waals surface area contributed by atoms with Crippen LogP contribution in [0.1, 0.15) is 30.0 Å². The zero-order valence-electron chi connectivity index (χ0n) is 14.3. The normalized spacial score (nSPS) is 19.8. The molecule has 4 rings (SSSR count). The molecule has 2 aliphatic heterocycles. The summed E-state index contributed by atoms with van der Waals surface area (Å²) in [7, 11) is 1.68. The predicted molar refractivity (Wildman–Crippen MR) is 92.8 cm³/mol. The van der Waals surface area contributed by atoms with Gasteiger partial charge in [-0.1, -0.05) is 12.1 Å². The molecule has 1 unspecified atom stereocenters. The Hall–Kier alpha value is -2.27. The van der Waals surface area contributed by atoms with Crippen molar-refractivity contribution in [1.82, 2.24) is 4.90 Å². The molecule has 2 aromatic rings. The second-order valence-electron chi connectivity index (χ2n) is 6.49. The van der Waals surface area contributed by atoms with Gasteiger partial charge in [-0.3, -0.25) is 4.90 Å². The first-order chi connectivity index (χ1) is 12.2. The molecule has 5 heteroatoms. The molecule has 0 amide bonds. The molecule has 25 heavy (non-hydrogen) atoms. The van der Waals surface area contributed by atoms with E-state index in [4.69, 9.17) is 14.2 Å². The fourth-order valence-corrected chi connectivity index (χ4v) is 3.46. The standard InChI is InChI=1S/C20H22FNO3/c1-23-18-12-20-19(24-9-2-10-25-20)11-15(18)13-22-8-7-17(22)14-3-5-16(21)6-4-14/h3-6,11-12,17H,2,7-10,13H2,1H3. The van der Waals surface area contributed by atoms with Crippen LogP contribution in [0.5, 0.6) is 17.2 Å². The minimum atomic E-state index is -0.195. The van der Waals surface area contributed by atoms with Gasteiger partial charge in [0.1, 0.15) is 11.6 Å². The Morgan fingerprint density at radius 2 is 1.84 bits per heavy atom. The van der Waals surface area contributed by atoms with Crippen LogP contribution >= 0.6 is 0 Å². The van der Waals surface area contributed by atoms with Gasteiger partial charge in [0.25, 0.3) is 0 Å². The molecule has 0 aliphatic carbocycles. The van der Waals surface area contributed by atoms with E-state index < -0.39 is 0 Å². The van der Waals surface area contributed by atoms with E-state index in [2.05, 4.69) is 4.90 Å². The van der Waals surface area contributed by atoms with Gasteiger partial charge in [-0.2, -0.15) is 0 Å². The smallest absolute Gasteiger partial charge is 0.164 e. The Balaban J connectivity index is 1.55. The molecule has 2 aromatic carbocycles. The quantitative estimate of drug-likeness (QED) is 0.841. The highest BCUT2D eigenvalue weighted by Gasteiger charge is 2.30. The van der Waals surface area contributed by atoms with Crippen LogP contribution in [0.2, 0.25) is 0 Å². The molecule has 0 aromatic heterocycles. The molecule has 1 saturated heterocycles. The van der Waals surface area contributed by atoms with Crippen LogP contribution in [0.3, 0.4) is 0 Å². The number of ether oxygens (including phenoxy) is 3. The highest BCUT2D eigenvalue weighted by atomic mass is 19.1. The molecular weight excluding hydrogens is 321 g/mol. The summed E-state index contributed by atoms with van der Waals surface area (Å²) in [5.74, 6) is 2.15. The van der Waals surface area contributed by atoms with Crippen LogP contribution in [0.4, 0.5) is 4.39 Å². The Bertz CT molecular complexity index is 747. The van der Waals surface area contributed by atoms with Gasteiger partial charge in [0, 0.05) is 37.2 Å². The van der Waals surface area contributed by atoms with Crippen LogP contribution in [0.25, 0.3) is 0 Å². The molecule has 4 nitrogen and oxygen atoms in total. The minimum Gasteiger partial charge on any atom is -0.496 e. The predicted octanol–water partition coefficient (Wildman–Crippen LogP) is 3.94. The van der Waals surface area contributed by atoms with Crippen molar-refractivity contribution in [3.8, 4) is 17.2 Å². The first-order valence-corrected chi connectivity index (χ1v) is 8.70. The van der Waals surface area contributed by atoms with E-state index in [1.165, 1.54) is 12.1 Å². The molecule has 0 bridgehead atoms. The summed E-state index contributed by atoms with van der Waals surface area (Å²) in [5, 5.41) is 0. The molecule has 1 atom stereocenters. The molecular formula is C20H22FNO3. The Kier molecular flexibility index (Phi) is 4.49. The first kappa shape index (κ1) is 16.2. The van der Waals surface area contributed by atoms with E-state index in [0.29, 0.717) is 19.3 Å². The highest BCUT2D eigenvalue weighted by Crippen LogP contribution is 2.40. The second-order valence-corrected chi connectivity index (χ2v) is 6.49. The molecule has 0 saturated carbocycles. The van der Waals surface area contributed by atoms with Crippen LogP contribution in [0.15, 0.2) is 36.4 Å². The third-order valence-corrected chi connectivity index (χ3v) is 4.91. The van der Waals surface area contributed by atoms with Gasteiger partial charge in [0.05, 0.1) is 20.3 Å². The van der Waals surface area contributed by atoms with Gasteiger partial charge < -0.3 is 14.2 Å². The summed E-state index contributed by atoms with van der Waals surface area (Å²) in [6.45, 7) is 3.11. The van der Waals surface area contributed by atoms with E-state index in [-0.39, 0.29) is 5.82 Å². The molecule has 0 radical (unpaired) electrons. The van der Waals surface area contributed by atoms with E-state index >= 15 is 0 Å². The van der Waals surface area contributed by atoms with Crippen molar-refractivity contribution in [3.63, 3.8) is 0 Å². The molecule has 2 heterocycles. The zero-order chi connectivity index (χ0) is 17.2. The number of hydrogen-bond donors (Lipinski definition) is 0. The van der Waals surface area contributed by atoms with Crippen molar-refractivity contribution in [2.75, 3.05) is 26.9 Å². The maximum absolute atomic E-state index is 13.2. The monoisotopic (exact) mass is 343 g/mol. The third-order valence-electron chi connectivity index (χ3n) is 4.91. The van der Waals surface area contributed by atoms with Crippen molar-refractivity contribution in [2.24, 2.45) is 0 Å². The third kappa shape index (κ3) is 3.29. The molecule has 2 aliphatic rings. The summed E-state index contributed by atoms with van der Waals surface area (Å²) < 4.78 is 30.3. The molecule has 1 fully saturated rings. The van der Waals surface area contributed by atoms with Crippen molar-refractivity contribution in [2.45, 2.75) is 25.4 Å². The largest absolute Gasteiger partial charge is 0.496 e. The number of halogens is 1. The lowest BCUT2D eigenvalue weighted by molar-refractivity contribution is 0.0807. The minimum absolute atomic E-state index is 0.195. The molecule has 132 valence electrons. The van der Waals surface area contributed by atoms with Gasteiger partial charge in [0.2, 0.25) is 0 Å². The summed E-state index contributed by atoms with van der Waals surface area (Å²) in [5.41, 5.74) is 2.24. The maximum Gasteiger partial charge on any atom is 0.164 e. The highest BCUT2D eigenvalue weighted by molar-refractivity contribution is 5.51. The van der Waals surface area contributed by atoms with Crippen molar-refractivity contribution in [1.29, 1.82) is 0 Å². The lowest BCUT2D eigenvalue weighted by Gasteiger charge is -2.41. The lowest BCUT2D eigenvalue weighted by atomic mass is 9.94. The second kappa shape index (κ2) is 6.92. The number of benzene rings is 2. The van der Waals surface area contributed by atoms with Gasteiger partial charge in [-0.05, 0) is 30.2 Å². The summed E-state index contributed by atoms with van der Waals surface area (Å²) in [4.78, 5) is 2.37. The summed E-state index contributed by atoms with van der Waals surface area (Å²) in [6, 6.07) is 11.1. The van der Waals surface area contributed by atoms with E-state index in [1.807, 2.05) is 24.3 Å². The number of rotatable bonds is 4. The van der Waals surface area contributed by atoms with E-state index in [1.54, 1.807) is 7.11 Å². The number of methoxy groups -OCH3 is 1. The Labute approximate surface area is 147 Å². The van der Waals surface area contributed by atoms with Crippen LogP contribution in [0, 0.1) is 5.82 Å². The van der Waals surface area contributed by atoms with Crippen LogP contribution in [-0.4, -0.2) is 31.8 Å². The lowest BCUT2D eigenvalue weighted by Crippen LogP contribution is -2.40. The fourth-order valence-electron chi connectivity index (χ4n) is 3.46. The average molecular weight is 343 g/mol. The zero-order valence-corrected chi connectivity index (χ0v) is 14.3. The van der Waals surface area contributed by atoms with Crippen molar-refractivity contribution >= 4 is 0 Å². The van der Waals surface area contributed by atoms with Crippen LogP contribution < -0.4 is 14.2 Å². The molecule has 0 spiro atoms. The Morgan fingerprint density at radius 3 is 2.48 bits per heavy atom. The SMILES string of the molecule is COc1cc2c(cc1CN1CCC1c1ccc(F)cc1)OCCCO2. The Morgan fingerprint density at radius 1 is 1.12 bits per heavy atom. The van der Waals surface area contributed by atoms with Gasteiger partial charge >= 0.3 is 0 Å². The number of fused-ring (bicyclic) bond motifs is 1. The van der Waals surface area contributed by atoms with Gasteiger partial charge in [0.15, 0.2) is 11.5 Å². The summed E-state index contributed by atoms with van der Waals surface area (Å²) in [6.07, 6.45) is 1.96. The van der Waals surface area contributed by atoms with E-state index in [0.717, 1.165) is 54.3 Å². The number of likely N-dealkylation sites (tertiary alicyclic amines) is 1. The van der Waals surface area contributed by atoms with Gasteiger partial charge in [-0.15, -0.1) is 0 Å². The number of hydrogen-bond acceptors (Lipinski definition) is 4. The molecule has 0 N–H and O–H groups in total. The number of nitrogens with zero attached hydrogens (tertiary/aromatic N) is 1. The van der Waals surface area contributed by atoms with Crippen molar-refractivity contribution < 1.29 is 18.6 Å². The maximum atomic E-state index is 13.2. The first-order valence-electron chi connectivity index (χ1n) is 8.70. The van der Waals surface area contributed by atoms with Gasteiger partial charge in [-0.25, -0.2) is 4.39 Å². The topological polar surface area (TPSA) is 30.9 Å². The average Bonchev–Trinajstić information content (AvgIpc) is 2.84.